The van der Waals surface area contributed by atoms with Gasteiger partial charge in [0, 0.05) is 27.9 Å². The third kappa shape index (κ3) is 3.05. The van der Waals surface area contributed by atoms with E-state index in [2.05, 4.69) is 147 Å². The maximum atomic E-state index is 2.54. The fraction of sp³-hybridized carbons (Fsp3) is 0.211. The summed E-state index contributed by atoms with van der Waals surface area (Å²) in [6, 6.07) is 40.9. The maximum absolute atomic E-state index is 2.54. The molecule has 0 amide bonds. The van der Waals surface area contributed by atoms with E-state index in [1.165, 1.54) is 67.5 Å². The highest BCUT2D eigenvalue weighted by molar-refractivity contribution is 5.94. The number of fused-ring (bicyclic) bond motifs is 6. The third-order valence-electron chi connectivity index (χ3n) is 9.71. The Balaban J connectivity index is 1.40. The van der Waals surface area contributed by atoms with Crippen LogP contribution in [0.1, 0.15) is 61.1 Å². The molecule has 3 heterocycles. The molecule has 3 aliphatic rings. The molecule has 40 heavy (non-hydrogen) atoms. The Bertz CT molecular complexity index is 1780. The van der Waals surface area contributed by atoms with Crippen molar-refractivity contribution in [2.75, 3.05) is 9.80 Å². The number of hydrogen-bond acceptors (Lipinski definition) is 2. The monoisotopic (exact) mass is 518 g/mol. The van der Waals surface area contributed by atoms with Gasteiger partial charge in [-0.1, -0.05) is 100 Å². The van der Waals surface area contributed by atoms with E-state index in [1.807, 2.05) is 0 Å². The molecule has 0 N–H and O–H groups in total. The minimum absolute atomic E-state index is 0.0641. The zero-order valence-electron chi connectivity index (χ0n) is 23.7. The van der Waals surface area contributed by atoms with Crippen LogP contribution < -0.4 is 9.80 Å². The Morgan fingerprint density at radius 3 is 1.60 bits per heavy atom. The normalized spacial score (nSPS) is 17.1. The van der Waals surface area contributed by atoms with E-state index < -0.39 is 0 Å². The average Bonchev–Trinajstić information content (AvgIpc) is 3.14. The van der Waals surface area contributed by atoms with Crippen molar-refractivity contribution in [3.63, 3.8) is 0 Å². The van der Waals surface area contributed by atoms with Crippen LogP contribution in [0.5, 0.6) is 0 Å². The second-order valence-electron chi connectivity index (χ2n) is 12.6. The first kappa shape index (κ1) is 23.6. The molecule has 0 bridgehead atoms. The van der Waals surface area contributed by atoms with Gasteiger partial charge in [-0.05, 0) is 82.6 Å². The number of hydrogen-bond donors (Lipinski definition) is 0. The average molecular weight is 519 g/mol. The van der Waals surface area contributed by atoms with Gasteiger partial charge in [-0.2, -0.15) is 0 Å². The quantitative estimate of drug-likeness (QED) is 0.218. The van der Waals surface area contributed by atoms with Gasteiger partial charge in [0.2, 0.25) is 0 Å². The molecule has 5 aromatic carbocycles. The van der Waals surface area contributed by atoms with Gasteiger partial charge < -0.3 is 9.80 Å². The predicted molar refractivity (Wildman–Crippen MR) is 167 cm³/mol. The molecule has 2 nitrogen and oxygen atoms in total. The van der Waals surface area contributed by atoms with Crippen molar-refractivity contribution in [1.82, 2.24) is 0 Å². The zero-order valence-corrected chi connectivity index (χ0v) is 23.7. The molecule has 0 saturated carbocycles. The van der Waals surface area contributed by atoms with Crippen LogP contribution in [0.4, 0.5) is 34.1 Å². The van der Waals surface area contributed by atoms with Gasteiger partial charge in [0.25, 0.3) is 0 Å². The molecule has 2 heteroatoms. The zero-order chi connectivity index (χ0) is 27.2. The van der Waals surface area contributed by atoms with E-state index in [-0.39, 0.29) is 10.8 Å². The highest BCUT2D eigenvalue weighted by atomic mass is 15.2. The summed E-state index contributed by atoms with van der Waals surface area (Å²) in [5.41, 5.74) is 15.9. The van der Waals surface area contributed by atoms with Crippen LogP contribution in [0.25, 0.3) is 0 Å². The first-order valence-corrected chi connectivity index (χ1v) is 14.5. The van der Waals surface area contributed by atoms with Gasteiger partial charge in [-0.15, -0.1) is 0 Å². The van der Waals surface area contributed by atoms with Crippen LogP contribution >= 0.6 is 0 Å². The van der Waals surface area contributed by atoms with Gasteiger partial charge in [-0.3, -0.25) is 0 Å². The van der Waals surface area contributed by atoms with Crippen LogP contribution in [0.3, 0.4) is 0 Å². The Hall–Kier alpha value is -4.30. The van der Waals surface area contributed by atoms with Crippen LogP contribution in [-0.4, -0.2) is 0 Å². The Morgan fingerprint density at radius 2 is 0.950 bits per heavy atom. The summed E-state index contributed by atoms with van der Waals surface area (Å²) < 4.78 is 0. The molecule has 0 aromatic heterocycles. The van der Waals surface area contributed by atoms with Crippen LogP contribution in [-0.2, 0) is 23.7 Å². The van der Waals surface area contributed by atoms with Gasteiger partial charge in [0.05, 0.1) is 17.1 Å². The van der Waals surface area contributed by atoms with Gasteiger partial charge in [-0.25, -0.2) is 0 Å². The first-order chi connectivity index (χ1) is 19.4. The lowest BCUT2D eigenvalue weighted by atomic mass is 9.66. The number of nitrogens with zero attached hydrogens (tertiary/aromatic N) is 2. The van der Waals surface area contributed by atoms with Crippen LogP contribution in [0.15, 0.2) is 109 Å². The maximum Gasteiger partial charge on any atom is 0.0543 e. The fourth-order valence-electron chi connectivity index (χ4n) is 7.57. The lowest BCUT2D eigenvalue weighted by Gasteiger charge is -2.49. The molecule has 0 aliphatic carbocycles. The van der Waals surface area contributed by atoms with Gasteiger partial charge in [0.1, 0.15) is 0 Å². The van der Waals surface area contributed by atoms with Gasteiger partial charge in [0.15, 0.2) is 0 Å². The van der Waals surface area contributed by atoms with E-state index in [0.29, 0.717) is 0 Å². The second kappa shape index (κ2) is 8.11. The summed E-state index contributed by atoms with van der Waals surface area (Å²) >= 11 is 0. The molecule has 0 radical (unpaired) electrons. The lowest BCUT2D eigenvalue weighted by Crippen LogP contribution is -2.38. The molecule has 0 fully saturated rings. The van der Waals surface area contributed by atoms with Crippen molar-refractivity contribution in [2.45, 2.75) is 51.4 Å². The van der Waals surface area contributed by atoms with Crippen molar-refractivity contribution >= 4 is 34.1 Å². The minimum Gasteiger partial charge on any atom is -0.310 e. The van der Waals surface area contributed by atoms with E-state index in [9.17, 15) is 0 Å². The highest BCUT2D eigenvalue weighted by Gasteiger charge is 2.45. The summed E-state index contributed by atoms with van der Waals surface area (Å²) in [6.07, 6.45) is 2.10. The number of benzene rings is 5. The van der Waals surface area contributed by atoms with Crippen molar-refractivity contribution in [3.05, 3.63) is 143 Å². The highest BCUT2D eigenvalue weighted by Crippen LogP contribution is 2.60. The molecule has 3 aliphatic heterocycles. The number of para-hydroxylation sites is 4. The fourth-order valence-corrected chi connectivity index (χ4v) is 7.57. The third-order valence-corrected chi connectivity index (χ3v) is 9.71. The van der Waals surface area contributed by atoms with Crippen molar-refractivity contribution in [2.24, 2.45) is 0 Å². The minimum atomic E-state index is -0.152. The Morgan fingerprint density at radius 1 is 0.450 bits per heavy atom. The summed E-state index contributed by atoms with van der Waals surface area (Å²) in [5.74, 6) is 0. The first-order valence-electron chi connectivity index (χ1n) is 14.5. The molecular weight excluding hydrogens is 484 g/mol. The topological polar surface area (TPSA) is 6.48 Å². The van der Waals surface area contributed by atoms with Crippen LogP contribution in [0.2, 0.25) is 0 Å². The smallest absolute Gasteiger partial charge is 0.0543 e. The Kier molecular flexibility index (Phi) is 4.78. The summed E-state index contributed by atoms with van der Waals surface area (Å²) in [7, 11) is 0. The molecule has 0 spiro atoms. The summed E-state index contributed by atoms with van der Waals surface area (Å²) in [5, 5.41) is 0. The molecule has 8 rings (SSSR count). The number of rotatable bonds is 1. The van der Waals surface area contributed by atoms with E-state index in [4.69, 9.17) is 0 Å². The molecular formula is C38H34N2. The standard InChI is InChI=1S/C38H34N2/c1-37(2)28-14-7-10-19-34(28)40-35-23-22-27(24-31(35)38(3,4)30-16-11-15-29(37)36(30)40)39-32-17-8-5-12-25(32)20-21-26-13-6-9-18-33(26)39/h5-19,22-24H,20-21H2,1-4H3. The number of anilines is 6. The summed E-state index contributed by atoms with van der Waals surface area (Å²) in [4.78, 5) is 5.03. The predicted octanol–water partition coefficient (Wildman–Crippen LogP) is 10.0. The molecule has 5 aromatic rings. The Labute approximate surface area is 237 Å². The lowest BCUT2D eigenvalue weighted by molar-refractivity contribution is 0.597. The van der Waals surface area contributed by atoms with E-state index in [1.54, 1.807) is 0 Å². The van der Waals surface area contributed by atoms with Crippen LogP contribution in [0, 0.1) is 0 Å². The molecule has 0 atom stereocenters. The second-order valence-corrected chi connectivity index (χ2v) is 12.6. The van der Waals surface area contributed by atoms with E-state index >= 15 is 0 Å². The summed E-state index contributed by atoms with van der Waals surface area (Å²) in [6.45, 7) is 9.55. The number of aryl methyl sites for hydroxylation is 2. The van der Waals surface area contributed by atoms with Crippen molar-refractivity contribution in [1.29, 1.82) is 0 Å². The molecule has 0 saturated heterocycles. The molecule has 196 valence electrons. The SMILES string of the molecule is CC1(C)c2ccccc2N2c3ccc(N4c5ccccc5CCc5ccccc54)cc3C(C)(C)c3cccc1c32. The van der Waals surface area contributed by atoms with Crippen molar-refractivity contribution in [3.8, 4) is 0 Å². The largest absolute Gasteiger partial charge is 0.310 e. The molecule has 0 unspecified atom stereocenters. The van der Waals surface area contributed by atoms with Crippen molar-refractivity contribution < 1.29 is 0 Å². The van der Waals surface area contributed by atoms with E-state index in [0.717, 1.165) is 12.8 Å². The van der Waals surface area contributed by atoms with Gasteiger partial charge >= 0.3 is 0 Å².